The molecule has 0 saturated heterocycles. The Kier molecular flexibility index (Phi) is 6.38. The third kappa shape index (κ3) is 5.29. The maximum atomic E-state index is 12.8. The number of nitrogens with one attached hydrogen (secondary N) is 4. The number of H-pyrrole nitrogens is 2. The van der Waals surface area contributed by atoms with Crippen molar-refractivity contribution >= 4 is 11.8 Å². The van der Waals surface area contributed by atoms with E-state index in [1.54, 1.807) is 30.6 Å². The van der Waals surface area contributed by atoms with Crippen LogP contribution in [0.1, 0.15) is 19.3 Å². The van der Waals surface area contributed by atoms with E-state index in [-0.39, 0.29) is 29.1 Å². The second kappa shape index (κ2) is 9.92. The van der Waals surface area contributed by atoms with Crippen molar-refractivity contribution in [3.63, 3.8) is 0 Å². The summed E-state index contributed by atoms with van der Waals surface area (Å²) in [6.07, 6.45) is 7.16. The molecule has 0 spiro atoms. The van der Waals surface area contributed by atoms with Crippen LogP contribution in [-0.2, 0) is 0 Å². The first kappa shape index (κ1) is 22.5. The van der Waals surface area contributed by atoms with Gasteiger partial charge in [-0.15, -0.1) is 0 Å². The van der Waals surface area contributed by atoms with E-state index in [4.69, 9.17) is 0 Å². The van der Waals surface area contributed by atoms with Gasteiger partial charge in [0.1, 0.15) is 11.5 Å². The number of pyridine rings is 2. The smallest absolute Gasteiger partial charge is 0.387 e. The molecule has 35 heavy (non-hydrogen) atoms. The van der Waals surface area contributed by atoms with Crippen molar-refractivity contribution in [1.29, 1.82) is 0 Å². The molecule has 0 aromatic carbocycles. The Morgan fingerprint density at radius 2 is 1.83 bits per heavy atom. The van der Waals surface area contributed by atoms with Crippen molar-refractivity contribution in [2.24, 2.45) is 0 Å². The van der Waals surface area contributed by atoms with Crippen LogP contribution in [0.3, 0.4) is 0 Å². The fourth-order valence-corrected chi connectivity index (χ4v) is 4.26. The van der Waals surface area contributed by atoms with Gasteiger partial charge in [0, 0.05) is 36.1 Å². The van der Waals surface area contributed by atoms with Crippen molar-refractivity contribution in [1.82, 2.24) is 24.9 Å². The van der Waals surface area contributed by atoms with Crippen LogP contribution in [0.5, 0.6) is 5.75 Å². The van der Waals surface area contributed by atoms with Gasteiger partial charge in [0.05, 0.1) is 17.6 Å². The van der Waals surface area contributed by atoms with Crippen LogP contribution < -0.4 is 20.9 Å². The second-order valence-corrected chi connectivity index (χ2v) is 8.19. The molecular formula is C24H23F2N7O2. The lowest BCUT2D eigenvalue weighted by Crippen LogP contribution is -2.22. The number of hydrogen-bond acceptors (Lipinski definition) is 7. The fraction of sp³-hybridized carbons (Fsp3) is 0.250. The van der Waals surface area contributed by atoms with Gasteiger partial charge >= 0.3 is 6.61 Å². The van der Waals surface area contributed by atoms with Gasteiger partial charge in [0.25, 0.3) is 0 Å². The maximum absolute atomic E-state index is 12.8. The van der Waals surface area contributed by atoms with Crippen LogP contribution in [0.4, 0.5) is 20.5 Å². The molecule has 1 saturated carbocycles. The van der Waals surface area contributed by atoms with Crippen molar-refractivity contribution < 1.29 is 13.5 Å². The Morgan fingerprint density at radius 1 is 1.00 bits per heavy atom. The van der Waals surface area contributed by atoms with Crippen LogP contribution in [0.2, 0.25) is 0 Å². The van der Waals surface area contributed by atoms with Crippen molar-refractivity contribution in [3.8, 4) is 28.4 Å². The molecule has 5 rings (SSSR count). The Bertz CT molecular complexity index is 1340. The standard InChI is InChI=1S/C24H23F2N7O2/c25-23(26)35-19-13-29-24(33-21(19)18-6-3-10-27-18)31-15-9-8-14(12-15)30-22-16(4-2-11-28-22)17-5-1-7-20(34)32-17/h1-7,10-11,13-15,23,27H,8-9,12H2,(H,28,30)(H,32,34)(H,29,31,33)/t14-,15-/m0/s1. The zero-order valence-electron chi connectivity index (χ0n) is 18.5. The van der Waals surface area contributed by atoms with Gasteiger partial charge in [-0.3, -0.25) is 4.79 Å². The van der Waals surface area contributed by atoms with Crippen molar-refractivity contribution in [3.05, 3.63) is 71.4 Å². The molecule has 9 nitrogen and oxygen atoms in total. The maximum Gasteiger partial charge on any atom is 0.387 e. The van der Waals surface area contributed by atoms with Gasteiger partial charge in [0.2, 0.25) is 11.5 Å². The zero-order valence-corrected chi connectivity index (χ0v) is 18.5. The summed E-state index contributed by atoms with van der Waals surface area (Å²) < 4.78 is 30.2. The molecule has 11 heteroatoms. The molecule has 180 valence electrons. The minimum Gasteiger partial charge on any atom is -0.431 e. The molecule has 0 amide bonds. The van der Waals surface area contributed by atoms with E-state index in [9.17, 15) is 13.6 Å². The predicted molar refractivity (Wildman–Crippen MR) is 127 cm³/mol. The highest BCUT2D eigenvalue weighted by Crippen LogP contribution is 2.31. The minimum atomic E-state index is -2.97. The molecule has 4 aromatic heterocycles. The topological polar surface area (TPSA) is 121 Å². The number of ether oxygens (including phenoxy) is 1. The van der Waals surface area contributed by atoms with E-state index in [0.717, 1.165) is 24.8 Å². The second-order valence-electron chi connectivity index (χ2n) is 8.19. The number of anilines is 2. The number of halogens is 2. The average Bonchev–Trinajstić information content (AvgIpc) is 3.53. The third-order valence-electron chi connectivity index (χ3n) is 5.80. The first-order valence-corrected chi connectivity index (χ1v) is 11.2. The van der Waals surface area contributed by atoms with Crippen LogP contribution in [0.15, 0.2) is 65.8 Å². The molecular weight excluding hydrogens is 456 g/mol. The van der Waals surface area contributed by atoms with E-state index < -0.39 is 6.61 Å². The fourth-order valence-electron chi connectivity index (χ4n) is 4.26. The highest BCUT2D eigenvalue weighted by Gasteiger charge is 2.27. The van der Waals surface area contributed by atoms with Crippen LogP contribution >= 0.6 is 0 Å². The van der Waals surface area contributed by atoms with Gasteiger partial charge < -0.3 is 25.3 Å². The summed E-state index contributed by atoms with van der Waals surface area (Å²) in [6, 6.07) is 12.4. The highest BCUT2D eigenvalue weighted by molar-refractivity contribution is 5.72. The molecule has 0 aliphatic heterocycles. The third-order valence-corrected chi connectivity index (χ3v) is 5.80. The monoisotopic (exact) mass is 479 g/mol. The summed E-state index contributed by atoms with van der Waals surface area (Å²) in [5.41, 5.74) is 2.15. The number of hydrogen-bond donors (Lipinski definition) is 4. The lowest BCUT2D eigenvalue weighted by molar-refractivity contribution is -0.0498. The number of rotatable bonds is 8. The average molecular weight is 479 g/mol. The predicted octanol–water partition coefficient (Wildman–Crippen LogP) is 4.27. The molecule has 1 fully saturated rings. The van der Waals surface area contributed by atoms with Gasteiger partial charge in [-0.25, -0.2) is 15.0 Å². The molecule has 1 aliphatic carbocycles. The molecule has 4 heterocycles. The summed E-state index contributed by atoms with van der Waals surface area (Å²) in [5.74, 6) is 0.932. The molecule has 0 unspecified atom stereocenters. The normalized spacial score (nSPS) is 17.5. The number of aromatic amines is 2. The molecule has 0 bridgehead atoms. The zero-order chi connectivity index (χ0) is 24.2. The first-order valence-electron chi connectivity index (χ1n) is 11.2. The summed E-state index contributed by atoms with van der Waals surface area (Å²) in [6.45, 7) is -2.97. The lowest BCUT2D eigenvalue weighted by Gasteiger charge is -2.18. The van der Waals surface area contributed by atoms with Gasteiger partial charge in [0.15, 0.2) is 5.75 Å². The van der Waals surface area contributed by atoms with E-state index in [1.165, 1.54) is 12.3 Å². The largest absolute Gasteiger partial charge is 0.431 e. The van der Waals surface area contributed by atoms with Crippen LogP contribution in [0, 0.1) is 0 Å². The Balaban J connectivity index is 1.28. The summed E-state index contributed by atoms with van der Waals surface area (Å²) >= 11 is 0. The van der Waals surface area contributed by atoms with E-state index in [2.05, 4.69) is 40.3 Å². The summed E-state index contributed by atoms with van der Waals surface area (Å²) in [7, 11) is 0. The van der Waals surface area contributed by atoms with Gasteiger partial charge in [-0.2, -0.15) is 8.78 Å². The number of nitrogens with zero attached hydrogens (tertiary/aromatic N) is 3. The molecule has 4 aromatic rings. The quantitative estimate of drug-likeness (QED) is 0.298. The molecule has 0 radical (unpaired) electrons. The Hall–Kier alpha value is -4.28. The Labute approximate surface area is 199 Å². The molecule has 1 aliphatic rings. The lowest BCUT2D eigenvalue weighted by atomic mass is 10.1. The van der Waals surface area contributed by atoms with E-state index in [0.29, 0.717) is 23.2 Å². The van der Waals surface area contributed by atoms with Crippen molar-refractivity contribution in [2.75, 3.05) is 10.6 Å². The first-order chi connectivity index (χ1) is 17.0. The van der Waals surface area contributed by atoms with Crippen LogP contribution in [-0.4, -0.2) is 43.6 Å². The summed E-state index contributed by atoms with van der Waals surface area (Å²) in [5, 5.41) is 6.79. The minimum absolute atomic E-state index is 0.0783. The van der Waals surface area contributed by atoms with Crippen molar-refractivity contribution in [2.45, 2.75) is 38.0 Å². The summed E-state index contributed by atoms with van der Waals surface area (Å²) in [4.78, 5) is 30.6. The van der Waals surface area contributed by atoms with Gasteiger partial charge in [-0.05, 0) is 49.6 Å². The number of aromatic nitrogens is 5. The SMILES string of the molecule is O=c1cccc(-c2cccnc2N[C@H]2CC[C@H](Nc3ncc(OC(F)F)c(-c4ccc[nH]4)n3)C2)[nH]1. The Morgan fingerprint density at radius 3 is 2.60 bits per heavy atom. The highest BCUT2D eigenvalue weighted by atomic mass is 19.3. The van der Waals surface area contributed by atoms with Gasteiger partial charge in [-0.1, -0.05) is 6.07 Å². The molecule has 4 N–H and O–H groups in total. The number of alkyl halides is 2. The van der Waals surface area contributed by atoms with E-state index in [1.807, 2.05) is 18.2 Å². The molecule has 2 atom stereocenters. The van der Waals surface area contributed by atoms with Crippen LogP contribution in [0.25, 0.3) is 22.6 Å². The van der Waals surface area contributed by atoms with E-state index >= 15 is 0 Å².